The summed E-state index contributed by atoms with van der Waals surface area (Å²) in [4.78, 5) is 11.0. The molecule has 0 saturated heterocycles. The van der Waals surface area contributed by atoms with E-state index >= 15 is 0 Å². The molecule has 0 aliphatic carbocycles. The third-order valence-electron chi connectivity index (χ3n) is 2.07. The van der Waals surface area contributed by atoms with Crippen molar-refractivity contribution in [2.45, 2.75) is 19.3 Å². The van der Waals surface area contributed by atoms with Crippen LogP contribution in [0.5, 0.6) is 0 Å². The van der Waals surface area contributed by atoms with Gasteiger partial charge < -0.3 is 0 Å². The average Bonchev–Trinajstić information content (AvgIpc) is 2.17. The molecule has 0 heterocycles. The molecule has 1 amide bonds. The van der Waals surface area contributed by atoms with Crippen molar-refractivity contribution in [3.63, 3.8) is 0 Å². The Morgan fingerprint density at radius 3 is 2.93 bits per heavy atom. The minimum Gasteiger partial charge on any atom is -0.294 e. The van der Waals surface area contributed by atoms with Gasteiger partial charge >= 0.3 is 0 Å². The summed E-state index contributed by atoms with van der Waals surface area (Å²) < 4.78 is 1.02. The Labute approximate surface area is 91.8 Å². The molecule has 0 fully saturated rings. The number of hydrogen-bond acceptors (Lipinski definition) is 2. The molecule has 14 heavy (non-hydrogen) atoms. The summed E-state index contributed by atoms with van der Waals surface area (Å²) >= 11 is 3.39. The molecule has 1 aromatic carbocycles. The van der Waals surface area contributed by atoms with Crippen molar-refractivity contribution in [1.82, 2.24) is 5.43 Å². The molecular weight excluding hydrogens is 244 g/mol. The van der Waals surface area contributed by atoms with Gasteiger partial charge in [0.25, 0.3) is 0 Å². The predicted octanol–water partition coefficient (Wildman–Crippen LogP) is 1.93. The largest absolute Gasteiger partial charge is 0.294 e. The lowest BCUT2D eigenvalue weighted by atomic mass is 9.98. The summed E-state index contributed by atoms with van der Waals surface area (Å²) in [5.41, 5.74) is 3.26. The number of benzene rings is 1. The topological polar surface area (TPSA) is 55.1 Å². The van der Waals surface area contributed by atoms with Gasteiger partial charge in [0.05, 0.1) is 0 Å². The van der Waals surface area contributed by atoms with Crippen LogP contribution in [-0.2, 0) is 4.79 Å². The minimum atomic E-state index is -0.141. The van der Waals surface area contributed by atoms with E-state index in [1.54, 1.807) is 0 Å². The highest BCUT2D eigenvalue weighted by molar-refractivity contribution is 9.10. The van der Waals surface area contributed by atoms with Crippen molar-refractivity contribution in [1.29, 1.82) is 0 Å². The van der Waals surface area contributed by atoms with E-state index in [9.17, 15) is 4.79 Å². The van der Waals surface area contributed by atoms with Crippen molar-refractivity contribution in [2.24, 2.45) is 5.84 Å². The molecule has 1 aromatic rings. The molecule has 4 heteroatoms. The van der Waals surface area contributed by atoms with Crippen LogP contribution in [0.4, 0.5) is 0 Å². The normalized spacial score (nSPS) is 12.2. The van der Waals surface area contributed by atoms with E-state index in [-0.39, 0.29) is 11.8 Å². The van der Waals surface area contributed by atoms with Gasteiger partial charge in [0.2, 0.25) is 5.91 Å². The van der Waals surface area contributed by atoms with Crippen LogP contribution in [0.3, 0.4) is 0 Å². The van der Waals surface area contributed by atoms with Crippen LogP contribution < -0.4 is 11.3 Å². The van der Waals surface area contributed by atoms with Gasteiger partial charge in [0, 0.05) is 10.9 Å². The molecule has 0 radical (unpaired) electrons. The molecule has 1 rings (SSSR count). The van der Waals surface area contributed by atoms with Crippen molar-refractivity contribution < 1.29 is 4.79 Å². The van der Waals surface area contributed by atoms with Gasteiger partial charge in [-0.05, 0) is 23.6 Å². The van der Waals surface area contributed by atoms with E-state index in [0.29, 0.717) is 6.42 Å². The Morgan fingerprint density at radius 2 is 2.36 bits per heavy atom. The predicted molar refractivity (Wildman–Crippen MR) is 59.5 cm³/mol. The first-order chi connectivity index (χ1) is 6.63. The summed E-state index contributed by atoms with van der Waals surface area (Å²) in [6, 6.07) is 7.92. The standard InChI is InChI=1S/C10H13BrN2O/c1-7(5-10(14)13-12)8-3-2-4-9(11)6-8/h2-4,6-7H,5,12H2,1H3,(H,13,14)/t7-/m1/s1. The fraction of sp³-hybridized carbons (Fsp3) is 0.300. The quantitative estimate of drug-likeness (QED) is 0.494. The first-order valence-electron chi connectivity index (χ1n) is 4.38. The summed E-state index contributed by atoms with van der Waals surface area (Å²) in [7, 11) is 0. The van der Waals surface area contributed by atoms with Crippen LogP contribution >= 0.6 is 15.9 Å². The number of carbonyl (C=O) groups is 1. The fourth-order valence-corrected chi connectivity index (χ4v) is 1.68. The molecule has 0 aliphatic rings. The Bertz CT molecular complexity index is 328. The van der Waals surface area contributed by atoms with Gasteiger partial charge in [-0.15, -0.1) is 0 Å². The van der Waals surface area contributed by atoms with Crippen LogP contribution in [0, 0.1) is 0 Å². The maximum Gasteiger partial charge on any atom is 0.234 e. The van der Waals surface area contributed by atoms with Crippen LogP contribution in [0.2, 0.25) is 0 Å². The highest BCUT2D eigenvalue weighted by Crippen LogP contribution is 2.21. The third kappa shape index (κ3) is 3.12. The van der Waals surface area contributed by atoms with Gasteiger partial charge in [-0.3, -0.25) is 10.2 Å². The van der Waals surface area contributed by atoms with E-state index in [1.165, 1.54) is 0 Å². The second-order valence-electron chi connectivity index (χ2n) is 3.23. The highest BCUT2D eigenvalue weighted by atomic mass is 79.9. The van der Waals surface area contributed by atoms with Gasteiger partial charge in [-0.1, -0.05) is 35.0 Å². The first-order valence-corrected chi connectivity index (χ1v) is 5.17. The number of carbonyl (C=O) groups excluding carboxylic acids is 1. The van der Waals surface area contributed by atoms with E-state index < -0.39 is 0 Å². The molecule has 3 nitrogen and oxygen atoms in total. The number of nitrogens with one attached hydrogen (secondary N) is 1. The van der Waals surface area contributed by atoms with Crippen molar-refractivity contribution >= 4 is 21.8 Å². The molecule has 0 bridgehead atoms. The van der Waals surface area contributed by atoms with E-state index in [4.69, 9.17) is 5.84 Å². The van der Waals surface area contributed by atoms with Crippen molar-refractivity contribution in [3.05, 3.63) is 34.3 Å². The minimum absolute atomic E-state index is 0.141. The number of amides is 1. The Balaban J connectivity index is 2.69. The van der Waals surface area contributed by atoms with Crippen LogP contribution in [0.1, 0.15) is 24.8 Å². The van der Waals surface area contributed by atoms with Crippen LogP contribution in [0.25, 0.3) is 0 Å². The monoisotopic (exact) mass is 256 g/mol. The molecule has 0 aromatic heterocycles. The number of halogens is 1. The number of hydrazine groups is 1. The van der Waals surface area contributed by atoms with Gasteiger partial charge in [0.15, 0.2) is 0 Å². The van der Waals surface area contributed by atoms with Crippen molar-refractivity contribution in [3.8, 4) is 0 Å². The van der Waals surface area contributed by atoms with Crippen LogP contribution in [-0.4, -0.2) is 5.91 Å². The highest BCUT2D eigenvalue weighted by Gasteiger charge is 2.09. The lowest BCUT2D eigenvalue weighted by Crippen LogP contribution is -2.30. The van der Waals surface area contributed by atoms with Gasteiger partial charge in [-0.25, -0.2) is 5.84 Å². The first kappa shape index (κ1) is 11.2. The van der Waals surface area contributed by atoms with Gasteiger partial charge in [0.1, 0.15) is 0 Å². The Hall–Kier alpha value is -0.870. The SMILES string of the molecule is C[C@H](CC(=O)NN)c1cccc(Br)c1. The molecular formula is C10H13BrN2O. The second-order valence-corrected chi connectivity index (χ2v) is 4.14. The maximum absolute atomic E-state index is 11.0. The smallest absolute Gasteiger partial charge is 0.234 e. The number of rotatable bonds is 3. The van der Waals surface area contributed by atoms with Crippen LogP contribution in [0.15, 0.2) is 28.7 Å². The summed E-state index contributed by atoms with van der Waals surface area (Å²) in [5, 5.41) is 0. The summed E-state index contributed by atoms with van der Waals surface area (Å²) in [6.45, 7) is 2.00. The zero-order valence-corrected chi connectivity index (χ0v) is 9.54. The lowest BCUT2D eigenvalue weighted by Gasteiger charge is -2.10. The fourth-order valence-electron chi connectivity index (χ4n) is 1.27. The van der Waals surface area contributed by atoms with Gasteiger partial charge in [-0.2, -0.15) is 0 Å². The Morgan fingerprint density at radius 1 is 1.64 bits per heavy atom. The molecule has 1 atom stereocenters. The molecule has 0 unspecified atom stereocenters. The Kier molecular flexibility index (Phi) is 4.10. The average molecular weight is 257 g/mol. The van der Waals surface area contributed by atoms with E-state index in [1.807, 2.05) is 31.2 Å². The number of hydrogen-bond donors (Lipinski definition) is 2. The number of nitrogens with two attached hydrogens (primary N) is 1. The summed E-state index contributed by atoms with van der Waals surface area (Å²) in [6.07, 6.45) is 0.410. The lowest BCUT2D eigenvalue weighted by molar-refractivity contribution is -0.121. The molecule has 3 N–H and O–H groups in total. The second kappa shape index (κ2) is 5.12. The van der Waals surface area contributed by atoms with E-state index in [2.05, 4.69) is 21.4 Å². The molecule has 0 aliphatic heterocycles. The van der Waals surface area contributed by atoms with Crippen molar-refractivity contribution in [2.75, 3.05) is 0 Å². The molecule has 76 valence electrons. The molecule has 0 saturated carbocycles. The summed E-state index contributed by atoms with van der Waals surface area (Å²) in [5.74, 6) is 5.06. The zero-order valence-electron chi connectivity index (χ0n) is 7.96. The zero-order chi connectivity index (χ0) is 10.6. The maximum atomic E-state index is 11.0. The molecule has 0 spiro atoms. The van der Waals surface area contributed by atoms with E-state index in [0.717, 1.165) is 10.0 Å². The third-order valence-corrected chi connectivity index (χ3v) is 2.56.